The van der Waals surface area contributed by atoms with Gasteiger partial charge in [0.1, 0.15) is 11.2 Å². The number of anilines is 3. The van der Waals surface area contributed by atoms with Crippen LogP contribution >= 0.6 is 0 Å². The van der Waals surface area contributed by atoms with Gasteiger partial charge in [-0.1, -0.05) is 170 Å². The van der Waals surface area contributed by atoms with Crippen molar-refractivity contribution in [1.29, 1.82) is 0 Å². The van der Waals surface area contributed by atoms with Crippen molar-refractivity contribution >= 4 is 82.1 Å². The number of rotatable bonds is 6. The molecule has 0 fully saturated rings. The molecule has 0 saturated carbocycles. The van der Waals surface area contributed by atoms with E-state index in [1.165, 1.54) is 70.9 Å². The van der Waals surface area contributed by atoms with Crippen LogP contribution in [0.1, 0.15) is 0 Å². The van der Waals surface area contributed by atoms with Crippen LogP contribution in [0.25, 0.3) is 98.4 Å². The van der Waals surface area contributed by atoms with Crippen LogP contribution in [0.4, 0.5) is 17.1 Å². The first kappa shape index (κ1) is 34.1. The van der Waals surface area contributed by atoms with Crippen molar-refractivity contribution in [1.82, 2.24) is 0 Å². The molecular formula is C58H37NO. The molecule has 0 aliphatic carbocycles. The first-order valence-corrected chi connectivity index (χ1v) is 20.6. The Hall–Kier alpha value is -7.94. The highest BCUT2D eigenvalue weighted by molar-refractivity contribution is 6.18. The van der Waals surface area contributed by atoms with Crippen molar-refractivity contribution in [3.63, 3.8) is 0 Å². The van der Waals surface area contributed by atoms with Crippen LogP contribution in [-0.2, 0) is 0 Å². The summed E-state index contributed by atoms with van der Waals surface area (Å²) in [5.74, 6) is 0. The lowest BCUT2D eigenvalue weighted by atomic mass is 9.90. The molecule has 11 aromatic carbocycles. The minimum Gasteiger partial charge on any atom is -0.456 e. The van der Waals surface area contributed by atoms with Gasteiger partial charge in [0.05, 0.1) is 5.69 Å². The molecule has 0 spiro atoms. The second kappa shape index (κ2) is 13.9. The molecule has 1 aromatic heterocycles. The van der Waals surface area contributed by atoms with Crippen LogP contribution in [0.3, 0.4) is 0 Å². The third-order valence-corrected chi connectivity index (χ3v) is 12.2. The molecule has 0 unspecified atom stereocenters. The number of furan rings is 1. The van der Waals surface area contributed by atoms with E-state index in [0.717, 1.165) is 44.6 Å². The summed E-state index contributed by atoms with van der Waals surface area (Å²) >= 11 is 0. The van der Waals surface area contributed by atoms with Gasteiger partial charge < -0.3 is 9.32 Å². The highest BCUT2D eigenvalue weighted by Gasteiger charge is 2.21. The summed E-state index contributed by atoms with van der Waals surface area (Å²) in [5.41, 5.74) is 12.2. The molecule has 0 saturated heterocycles. The smallest absolute Gasteiger partial charge is 0.136 e. The van der Waals surface area contributed by atoms with E-state index in [2.05, 4.69) is 229 Å². The Bertz CT molecular complexity index is 3600. The van der Waals surface area contributed by atoms with E-state index in [1.807, 2.05) is 0 Å². The maximum Gasteiger partial charge on any atom is 0.136 e. The molecule has 0 bridgehead atoms. The fraction of sp³-hybridized carbons (Fsp3) is 0. The van der Waals surface area contributed by atoms with Crippen LogP contribution < -0.4 is 4.90 Å². The molecule has 0 radical (unpaired) electrons. The SMILES string of the molecule is c1ccc(-c2ccc(-c3cccc(N(c4ccc5oc6cc7ccccc7cc6c5c4)c4ccc(-c5cc6ccccc6c6ccccc56)c5ccccc45)c3)cc2)cc1. The molecule has 280 valence electrons. The monoisotopic (exact) mass is 763 g/mol. The molecular weight excluding hydrogens is 727 g/mol. The van der Waals surface area contributed by atoms with Gasteiger partial charge >= 0.3 is 0 Å². The highest BCUT2D eigenvalue weighted by Crippen LogP contribution is 2.46. The van der Waals surface area contributed by atoms with Crippen molar-refractivity contribution in [2.75, 3.05) is 4.90 Å². The Kier molecular flexibility index (Phi) is 7.89. The first-order chi connectivity index (χ1) is 29.7. The Morgan fingerprint density at radius 3 is 1.62 bits per heavy atom. The van der Waals surface area contributed by atoms with E-state index in [-0.39, 0.29) is 0 Å². The quantitative estimate of drug-likeness (QED) is 0.157. The summed E-state index contributed by atoms with van der Waals surface area (Å²) in [7, 11) is 0. The van der Waals surface area contributed by atoms with Crippen LogP contribution in [0.15, 0.2) is 229 Å². The topological polar surface area (TPSA) is 16.4 Å². The Labute approximate surface area is 347 Å². The Morgan fingerprint density at radius 2 is 0.833 bits per heavy atom. The summed E-state index contributed by atoms with van der Waals surface area (Å²) < 4.78 is 6.51. The number of hydrogen-bond donors (Lipinski definition) is 0. The van der Waals surface area contributed by atoms with E-state index < -0.39 is 0 Å². The van der Waals surface area contributed by atoms with Gasteiger partial charge in [0.15, 0.2) is 0 Å². The van der Waals surface area contributed by atoms with E-state index in [9.17, 15) is 0 Å². The molecule has 0 amide bonds. The van der Waals surface area contributed by atoms with Crippen molar-refractivity contribution in [2.45, 2.75) is 0 Å². The predicted molar refractivity (Wildman–Crippen MR) is 255 cm³/mol. The molecule has 0 N–H and O–H groups in total. The molecule has 12 rings (SSSR count). The average molecular weight is 764 g/mol. The van der Waals surface area contributed by atoms with Gasteiger partial charge in [0, 0.05) is 27.5 Å². The van der Waals surface area contributed by atoms with Gasteiger partial charge in [0.2, 0.25) is 0 Å². The third-order valence-electron chi connectivity index (χ3n) is 12.2. The lowest BCUT2D eigenvalue weighted by Crippen LogP contribution is -2.10. The van der Waals surface area contributed by atoms with Crippen molar-refractivity contribution in [3.8, 4) is 33.4 Å². The van der Waals surface area contributed by atoms with Crippen LogP contribution in [0.5, 0.6) is 0 Å². The standard InChI is InChI=1S/C58H37NO/c1-2-13-38(14-3-1)39-25-27-40(28-26-39)41-18-12-19-45(33-41)59(46-29-32-57-55(37-46)54-34-42-15-4-5-16-43(42)36-58(54)60-57)56-31-30-51(49-22-10-11-24-52(49)56)53-35-44-17-6-7-20-47(44)48-21-8-9-23-50(48)53/h1-37H. The summed E-state index contributed by atoms with van der Waals surface area (Å²) in [4.78, 5) is 2.42. The Balaban J connectivity index is 1.07. The van der Waals surface area contributed by atoms with Gasteiger partial charge in [-0.05, 0) is 126 Å². The molecule has 0 aliphatic heterocycles. The van der Waals surface area contributed by atoms with E-state index in [0.29, 0.717) is 0 Å². The molecule has 2 nitrogen and oxygen atoms in total. The minimum atomic E-state index is 0.875. The zero-order chi connectivity index (χ0) is 39.6. The lowest BCUT2D eigenvalue weighted by molar-refractivity contribution is 0.669. The first-order valence-electron chi connectivity index (χ1n) is 20.6. The molecule has 60 heavy (non-hydrogen) atoms. The van der Waals surface area contributed by atoms with Gasteiger partial charge in [-0.2, -0.15) is 0 Å². The molecule has 2 heteroatoms. The van der Waals surface area contributed by atoms with Crippen molar-refractivity contribution in [2.24, 2.45) is 0 Å². The maximum atomic E-state index is 6.51. The Morgan fingerprint density at radius 1 is 0.267 bits per heavy atom. The van der Waals surface area contributed by atoms with Gasteiger partial charge in [0.25, 0.3) is 0 Å². The fourth-order valence-corrected chi connectivity index (χ4v) is 9.32. The van der Waals surface area contributed by atoms with Crippen LogP contribution in [0, 0.1) is 0 Å². The molecule has 1 heterocycles. The van der Waals surface area contributed by atoms with E-state index in [1.54, 1.807) is 0 Å². The third kappa shape index (κ3) is 5.65. The van der Waals surface area contributed by atoms with E-state index >= 15 is 0 Å². The fourth-order valence-electron chi connectivity index (χ4n) is 9.32. The van der Waals surface area contributed by atoms with Gasteiger partial charge in [-0.3, -0.25) is 0 Å². The molecule has 12 aromatic rings. The largest absolute Gasteiger partial charge is 0.456 e. The lowest BCUT2D eigenvalue weighted by Gasteiger charge is -2.28. The second-order valence-electron chi connectivity index (χ2n) is 15.7. The summed E-state index contributed by atoms with van der Waals surface area (Å²) in [6, 6.07) is 81.4. The van der Waals surface area contributed by atoms with Gasteiger partial charge in [-0.25, -0.2) is 0 Å². The van der Waals surface area contributed by atoms with Crippen LogP contribution in [0.2, 0.25) is 0 Å². The van der Waals surface area contributed by atoms with Crippen molar-refractivity contribution in [3.05, 3.63) is 224 Å². The van der Waals surface area contributed by atoms with E-state index in [4.69, 9.17) is 4.42 Å². The number of fused-ring (bicyclic) bond motifs is 8. The predicted octanol–water partition coefficient (Wildman–Crippen LogP) is 16.7. The van der Waals surface area contributed by atoms with Crippen LogP contribution in [-0.4, -0.2) is 0 Å². The average Bonchev–Trinajstić information content (AvgIpc) is 3.67. The number of nitrogens with zero attached hydrogens (tertiary/aromatic N) is 1. The van der Waals surface area contributed by atoms with Crippen molar-refractivity contribution < 1.29 is 4.42 Å². The molecule has 0 atom stereocenters. The second-order valence-corrected chi connectivity index (χ2v) is 15.7. The summed E-state index contributed by atoms with van der Waals surface area (Å²) in [5, 5.41) is 12.0. The zero-order valence-electron chi connectivity index (χ0n) is 32.7. The normalized spacial score (nSPS) is 11.7. The zero-order valence-corrected chi connectivity index (χ0v) is 32.7. The number of benzene rings is 11. The van der Waals surface area contributed by atoms with Gasteiger partial charge in [-0.15, -0.1) is 0 Å². The number of hydrogen-bond acceptors (Lipinski definition) is 2. The summed E-state index contributed by atoms with van der Waals surface area (Å²) in [6.45, 7) is 0. The maximum absolute atomic E-state index is 6.51. The molecule has 0 aliphatic rings. The summed E-state index contributed by atoms with van der Waals surface area (Å²) in [6.07, 6.45) is 0. The minimum absolute atomic E-state index is 0.875. The highest BCUT2D eigenvalue weighted by atomic mass is 16.3.